The molecule has 1 aromatic heterocycles. The summed E-state index contributed by atoms with van der Waals surface area (Å²) in [7, 11) is 0. The van der Waals surface area contributed by atoms with Crippen LogP contribution in [0.2, 0.25) is 0 Å². The average Bonchev–Trinajstić information content (AvgIpc) is 2.77. The van der Waals surface area contributed by atoms with E-state index < -0.39 is 5.60 Å². The molecule has 0 atom stereocenters. The van der Waals surface area contributed by atoms with Crippen LogP contribution in [-0.4, -0.2) is 58.6 Å². The third kappa shape index (κ3) is 4.85. The number of benzene rings is 2. The minimum Gasteiger partial charge on any atom is -0.444 e. The van der Waals surface area contributed by atoms with Gasteiger partial charge in [-0.25, -0.2) is 4.79 Å². The van der Waals surface area contributed by atoms with Crippen molar-refractivity contribution in [2.24, 2.45) is 0 Å². The predicted octanol–water partition coefficient (Wildman–Crippen LogP) is 4.59. The predicted molar refractivity (Wildman–Crippen MR) is 121 cm³/mol. The van der Waals surface area contributed by atoms with E-state index in [1.54, 1.807) is 9.80 Å². The lowest BCUT2D eigenvalue weighted by atomic mass is 10.0. The number of rotatable bonds is 2. The van der Waals surface area contributed by atoms with Gasteiger partial charge >= 0.3 is 6.09 Å². The van der Waals surface area contributed by atoms with Crippen LogP contribution in [0.25, 0.3) is 22.0 Å². The number of amides is 2. The van der Waals surface area contributed by atoms with Crippen molar-refractivity contribution in [1.29, 1.82) is 0 Å². The van der Waals surface area contributed by atoms with Gasteiger partial charge in [-0.15, -0.1) is 0 Å². The number of hydrogen-bond acceptors (Lipinski definition) is 4. The van der Waals surface area contributed by atoms with Crippen molar-refractivity contribution >= 4 is 22.9 Å². The number of carbonyl (C=O) groups excluding carboxylic acids is 2. The summed E-state index contributed by atoms with van der Waals surface area (Å²) >= 11 is 0. The van der Waals surface area contributed by atoms with Crippen LogP contribution >= 0.6 is 0 Å². The lowest BCUT2D eigenvalue weighted by molar-refractivity contribution is 0.0141. The highest BCUT2D eigenvalue weighted by atomic mass is 16.6. The highest BCUT2D eigenvalue weighted by Crippen LogP contribution is 2.23. The van der Waals surface area contributed by atoms with Crippen molar-refractivity contribution in [2.45, 2.75) is 26.4 Å². The second kappa shape index (κ2) is 8.38. The zero-order chi connectivity index (χ0) is 22.0. The SMILES string of the molecule is CC(C)(C)OC(=O)N1CCN(C(=O)c2ccc(-c3cnc4ccccc4c3)cc2)CC1. The molecule has 6 heteroatoms. The molecule has 2 aromatic carbocycles. The zero-order valence-corrected chi connectivity index (χ0v) is 18.2. The molecule has 1 fully saturated rings. The lowest BCUT2D eigenvalue weighted by Crippen LogP contribution is -2.51. The van der Waals surface area contributed by atoms with Gasteiger partial charge in [-0.3, -0.25) is 9.78 Å². The number of para-hydroxylation sites is 1. The molecular formula is C25H27N3O3. The Labute approximate surface area is 182 Å². The van der Waals surface area contributed by atoms with Crippen molar-refractivity contribution < 1.29 is 14.3 Å². The number of hydrogen-bond donors (Lipinski definition) is 0. The third-order valence-electron chi connectivity index (χ3n) is 5.27. The molecule has 160 valence electrons. The lowest BCUT2D eigenvalue weighted by Gasteiger charge is -2.35. The maximum absolute atomic E-state index is 12.9. The number of fused-ring (bicyclic) bond motifs is 1. The summed E-state index contributed by atoms with van der Waals surface area (Å²) in [5.41, 5.74) is 3.12. The molecule has 31 heavy (non-hydrogen) atoms. The number of aromatic nitrogens is 1. The van der Waals surface area contributed by atoms with Crippen molar-refractivity contribution in [3.63, 3.8) is 0 Å². The summed E-state index contributed by atoms with van der Waals surface area (Å²) < 4.78 is 5.42. The summed E-state index contributed by atoms with van der Waals surface area (Å²) in [5, 5.41) is 1.09. The second-order valence-corrected chi connectivity index (χ2v) is 8.75. The first-order chi connectivity index (χ1) is 14.8. The molecule has 0 radical (unpaired) electrons. The van der Waals surface area contributed by atoms with E-state index >= 15 is 0 Å². The van der Waals surface area contributed by atoms with Crippen LogP contribution < -0.4 is 0 Å². The largest absolute Gasteiger partial charge is 0.444 e. The maximum Gasteiger partial charge on any atom is 0.410 e. The average molecular weight is 418 g/mol. The van der Waals surface area contributed by atoms with E-state index in [9.17, 15) is 9.59 Å². The molecule has 0 N–H and O–H groups in total. The Hall–Kier alpha value is -3.41. The number of ether oxygens (including phenoxy) is 1. The van der Waals surface area contributed by atoms with Crippen molar-refractivity contribution in [2.75, 3.05) is 26.2 Å². The van der Waals surface area contributed by atoms with E-state index in [4.69, 9.17) is 4.74 Å². The Morgan fingerprint density at radius 1 is 0.871 bits per heavy atom. The molecule has 0 unspecified atom stereocenters. The van der Waals surface area contributed by atoms with E-state index in [-0.39, 0.29) is 12.0 Å². The Balaban J connectivity index is 1.40. The van der Waals surface area contributed by atoms with E-state index in [0.29, 0.717) is 31.7 Å². The van der Waals surface area contributed by atoms with E-state index in [1.165, 1.54) is 0 Å². The van der Waals surface area contributed by atoms with Gasteiger partial charge < -0.3 is 14.5 Å². The van der Waals surface area contributed by atoms with E-state index in [1.807, 2.05) is 75.5 Å². The summed E-state index contributed by atoms with van der Waals surface area (Å²) in [4.78, 5) is 33.1. The topological polar surface area (TPSA) is 62.7 Å². The number of carbonyl (C=O) groups is 2. The first-order valence-electron chi connectivity index (χ1n) is 10.5. The highest BCUT2D eigenvalue weighted by Gasteiger charge is 2.28. The molecule has 2 amide bonds. The van der Waals surface area contributed by atoms with Crippen LogP contribution in [-0.2, 0) is 4.74 Å². The molecule has 0 aliphatic carbocycles. The Bertz CT molecular complexity index is 1090. The van der Waals surface area contributed by atoms with Gasteiger partial charge in [0.1, 0.15) is 5.60 Å². The van der Waals surface area contributed by atoms with Crippen LogP contribution in [0.15, 0.2) is 60.8 Å². The summed E-state index contributed by atoms with van der Waals surface area (Å²) in [6.07, 6.45) is 1.53. The normalized spacial score (nSPS) is 14.5. The molecule has 6 nitrogen and oxygen atoms in total. The quantitative estimate of drug-likeness (QED) is 0.612. The summed E-state index contributed by atoms with van der Waals surface area (Å²) in [6, 6.07) is 17.7. The smallest absolute Gasteiger partial charge is 0.410 e. The first kappa shape index (κ1) is 20.8. The standard InChI is InChI=1S/C25H27N3O3/c1-25(2,3)31-24(30)28-14-12-27(13-15-28)23(29)19-10-8-18(9-11-19)21-16-20-6-4-5-7-22(20)26-17-21/h4-11,16-17H,12-15H2,1-3H3. The minimum atomic E-state index is -0.521. The fraction of sp³-hybridized carbons (Fsp3) is 0.320. The molecule has 0 spiro atoms. The first-order valence-corrected chi connectivity index (χ1v) is 10.5. The maximum atomic E-state index is 12.9. The molecule has 0 bridgehead atoms. The van der Waals surface area contributed by atoms with Gasteiger partial charge in [0.15, 0.2) is 0 Å². The van der Waals surface area contributed by atoms with Gasteiger partial charge in [0, 0.05) is 48.9 Å². The van der Waals surface area contributed by atoms with Crippen LogP contribution in [0, 0.1) is 0 Å². The van der Waals surface area contributed by atoms with Gasteiger partial charge in [-0.05, 0) is 50.6 Å². The molecule has 3 aromatic rings. The molecule has 1 aliphatic heterocycles. The zero-order valence-electron chi connectivity index (χ0n) is 18.2. The van der Waals surface area contributed by atoms with E-state index in [2.05, 4.69) is 11.1 Å². The monoisotopic (exact) mass is 417 g/mol. The van der Waals surface area contributed by atoms with Crippen molar-refractivity contribution in [3.05, 3.63) is 66.4 Å². The Morgan fingerprint density at radius 2 is 1.52 bits per heavy atom. The summed E-state index contributed by atoms with van der Waals surface area (Å²) in [5.74, 6) is -0.0213. The number of nitrogens with zero attached hydrogens (tertiary/aromatic N) is 3. The fourth-order valence-electron chi connectivity index (χ4n) is 3.64. The van der Waals surface area contributed by atoms with Gasteiger partial charge in [-0.1, -0.05) is 30.3 Å². The van der Waals surface area contributed by atoms with Gasteiger partial charge in [0.05, 0.1) is 5.52 Å². The molecule has 0 saturated carbocycles. The summed E-state index contributed by atoms with van der Waals surface area (Å²) in [6.45, 7) is 7.48. The molecule has 1 saturated heterocycles. The van der Waals surface area contributed by atoms with Gasteiger partial charge in [0.2, 0.25) is 0 Å². The molecule has 1 aliphatic rings. The van der Waals surface area contributed by atoms with Crippen molar-refractivity contribution in [3.8, 4) is 11.1 Å². The Kier molecular flexibility index (Phi) is 5.63. The number of pyridine rings is 1. The number of piperazine rings is 1. The van der Waals surface area contributed by atoms with Crippen LogP contribution in [0.4, 0.5) is 4.79 Å². The van der Waals surface area contributed by atoms with Crippen LogP contribution in [0.5, 0.6) is 0 Å². The Morgan fingerprint density at radius 3 is 2.19 bits per heavy atom. The molecule has 2 heterocycles. The fourth-order valence-corrected chi connectivity index (χ4v) is 3.64. The van der Waals surface area contributed by atoms with Crippen molar-refractivity contribution in [1.82, 2.24) is 14.8 Å². The van der Waals surface area contributed by atoms with Gasteiger partial charge in [0.25, 0.3) is 5.91 Å². The van der Waals surface area contributed by atoms with Crippen LogP contribution in [0.3, 0.4) is 0 Å². The third-order valence-corrected chi connectivity index (χ3v) is 5.27. The van der Waals surface area contributed by atoms with Gasteiger partial charge in [-0.2, -0.15) is 0 Å². The second-order valence-electron chi connectivity index (χ2n) is 8.75. The van der Waals surface area contributed by atoms with E-state index in [0.717, 1.165) is 22.0 Å². The van der Waals surface area contributed by atoms with Crippen LogP contribution in [0.1, 0.15) is 31.1 Å². The molecule has 4 rings (SSSR count). The highest BCUT2D eigenvalue weighted by molar-refractivity contribution is 5.95. The minimum absolute atomic E-state index is 0.0213. The molecular weight excluding hydrogens is 390 g/mol.